The minimum Gasteiger partial charge on any atom is -0.368 e. The van der Waals surface area contributed by atoms with E-state index in [1.54, 1.807) is 43.4 Å². The van der Waals surface area contributed by atoms with Crippen LogP contribution in [0.4, 0.5) is 0 Å². The van der Waals surface area contributed by atoms with Crippen LogP contribution >= 0.6 is 0 Å². The van der Waals surface area contributed by atoms with Crippen LogP contribution in [-0.4, -0.2) is 30.8 Å². The van der Waals surface area contributed by atoms with Crippen LogP contribution < -0.4 is 16.4 Å². The summed E-state index contributed by atoms with van der Waals surface area (Å²) in [7, 11) is 1.58. The van der Waals surface area contributed by atoms with Crippen LogP contribution in [0.15, 0.2) is 48.5 Å². The lowest BCUT2D eigenvalue weighted by Crippen LogP contribution is -2.47. The lowest BCUT2D eigenvalue weighted by Gasteiger charge is -2.19. The molecule has 4 N–H and O–H groups in total. The molecule has 2 aromatic carbocycles. The molecule has 6 heteroatoms. The Balaban J connectivity index is 2.25. The van der Waals surface area contributed by atoms with Crippen molar-refractivity contribution < 1.29 is 14.4 Å². The number of carbonyl (C=O) groups is 3. The van der Waals surface area contributed by atoms with Crippen LogP contribution in [0, 0.1) is 5.92 Å². The summed E-state index contributed by atoms with van der Waals surface area (Å²) < 4.78 is 0. The third-order valence-electron chi connectivity index (χ3n) is 4.12. The molecule has 1 atom stereocenters. The van der Waals surface area contributed by atoms with E-state index in [0.29, 0.717) is 11.1 Å². The van der Waals surface area contributed by atoms with Gasteiger partial charge in [0.05, 0.1) is 0 Å². The number of benzene rings is 2. The van der Waals surface area contributed by atoms with Gasteiger partial charge in [-0.1, -0.05) is 44.2 Å². The fraction of sp³-hybridized carbons (Fsp3) is 0.250. The highest BCUT2D eigenvalue weighted by atomic mass is 16.2. The van der Waals surface area contributed by atoms with Crippen molar-refractivity contribution in [3.8, 4) is 11.1 Å². The Morgan fingerprint density at radius 1 is 0.923 bits per heavy atom. The van der Waals surface area contributed by atoms with E-state index in [9.17, 15) is 14.4 Å². The Labute approximate surface area is 152 Å². The predicted octanol–water partition coefficient (Wildman–Crippen LogP) is 1.95. The number of hydrogen-bond donors (Lipinski definition) is 3. The fourth-order valence-corrected chi connectivity index (χ4v) is 2.66. The molecule has 0 spiro atoms. The lowest BCUT2D eigenvalue weighted by atomic mass is 9.98. The number of rotatable bonds is 6. The second-order valence-corrected chi connectivity index (χ2v) is 6.30. The number of primary amides is 1. The van der Waals surface area contributed by atoms with E-state index in [1.807, 2.05) is 26.0 Å². The van der Waals surface area contributed by atoms with Crippen molar-refractivity contribution in [2.45, 2.75) is 19.9 Å². The van der Waals surface area contributed by atoms with Gasteiger partial charge < -0.3 is 16.4 Å². The molecule has 2 rings (SSSR count). The number of nitrogens with one attached hydrogen (secondary N) is 2. The summed E-state index contributed by atoms with van der Waals surface area (Å²) in [6, 6.07) is 13.4. The van der Waals surface area contributed by atoms with Crippen molar-refractivity contribution in [1.82, 2.24) is 10.6 Å². The molecule has 0 unspecified atom stereocenters. The van der Waals surface area contributed by atoms with Gasteiger partial charge in [0, 0.05) is 18.2 Å². The van der Waals surface area contributed by atoms with E-state index in [0.717, 1.165) is 11.1 Å². The first-order chi connectivity index (χ1) is 12.3. The first-order valence-corrected chi connectivity index (χ1v) is 8.37. The molecule has 0 aliphatic carbocycles. The van der Waals surface area contributed by atoms with Gasteiger partial charge >= 0.3 is 0 Å². The largest absolute Gasteiger partial charge is 0.368 e. The Hall–Kier alpha value is -3.15. The molecule has 26 heavy (non-hydrogen) atoms. The second kappa shape index (κ2) is 8.29. The molecule has 0 saturated heterocycles. The van der Waals surface area contributed by atoms with Gasteiger partial charge in [0.2, 0.25) is 5.91 Å². The summed E-state index contributed by atoms with van der Waals surface area (Å²) in [6.07, 6.45) is 0. The van der Waals surface area contributed by atoms with Crippen LogP contribution in [0.2, 0.25) is 0 Å². The molecule has 0 aliphatic rings. The van der Waals surface area contributed by atoms with Crippen molar-refractivity contribution in [1.29, 1.82) is 0 Å². The molecule has 6 nitrogen and oxygen atoms in total. The van der Waals surface area contributed by atoms with Crippen LogP contribution in [0.25, 0.3) is 11.1 Å². The summed E-state index contributed by atoms with van der Waals surface area (Å²) in [6.45, 7) is 3.63. The van der Waals surface area contributed by atoms with Gasteiger partial charge in [-0.2, -0.15) is 0 Å². The average molecular weight is 353 g/mol. The van der Waals surface area contributed by atoms with Crippen molar-refractivity contribution >= 4 is 17.7 Å². The molecule has 3 amide bonds. The highest BCUT2D eigenvalue weighted by Crippen LogP contribution is 2.24. The maximum Gasteiger partial charge on any atom is 0.251 e. The van der Waals surface area contributed by atoms with Gasteiger partial charge in [-0.3, -0.25) is 14.4 Å². The average Bonchev–Trinajstić information content (AvgIpc) is 2.64. The van der Waals surface area contributed by atoms with E-state index in [4.69, 9.17) is 5.73 Å². The molecule has 0 bridgehead atoms. The normalized spacial score (nSPS) is 11.7. The Morgan fingerprint density at radius 2 is 1.54 bits per heavy atom. The highest BCUT2D eigenvalue weighted by Gasteiger charge is 2.22. The van der Waals surface area contributed by atoms with Crippen molar-refractivity contribution in [3.63, 3.8) is 0 Å². The zero-order valence-corrected chi connectivity index (χ0v) is 15.1. The molecule has 0 saturated carbocycles. The summed E-state index contributed by atoms with van der Waals surface area (Å²) in [4.78, 5) is 35.8. The van der Waals surface area contributed by atoms with Crippen molar-refractivity contribution in [2.75, 3.05) is 7.05 Å². The van der Waals surface area contributed by atoms with Gasteiger partial charge in [-0.05, 0) is 35.2 Å². The van der Waals surface area contributed by atoms with Crippen molar-refractivity contribution in [2.24, 2.45) is 11.7 Å². The molecule has 2 aromatic rings. The van der Waals surface area contributed by atoms with Gasteiger partial charge in [-0.15, -0.1) is 0 Å². The SMILES string of the molecule is CNC(=O)c1ccccc1-c1ccc(C(=O)N[C@H](C(N)=O)C(C)C)cc1. The summed E-state index contributed by atoms with van der Waals surface area (Å²) in [5.74, 6) is -1.21. The maximum atomic E-state index is 12.4. The maximum absolute atomic E-state index is 12.4. The Kier molecular flexibility index (Phi) is 6.11. The first kappa shape index (κ1) is 19.2. The van der Waals surface area contributed by atoms with Gasteiger partial charge in [0.25, 0.3) is 11.8 Å². The topological polar surface area (TPSA) is 101 Å². The van der Waals surface area contributed by atoms with Crippen molar-refractivity contribution in [3.05, 3.63) is 59.7 Å². The molecular formula is C20H23N3O3. The molecule has 136 valence electrons. The fourth-order valence-electron chi connectivity index (χ4n) is 2.66. The molecule has 0 fully saturated rings. The summed E-state index contributed by atoms with van der Waals surface area (Å²) in [5.41, 5.74) is 7.89. The highest BCUT2D eigenvalue weighted by molar-refractivity contribution is 6.01. The molecule has 0 aromatic heterocycles. The lowest BCUT2D eigenvalue weighted by molar-refractivity contribution is -0.120. The van der Waals surface area contributed by atoms with Gasteiger partial charge in [0.15, 0.2) is 0 Å². The number of hydrogen-bond acceptors (Lipinski definition) is 3. The number of nitrogens with two attached hydrogens (primary N) is 1. The quantitative estimate of drug-likeness (QED) is 0.740. The van der Waals surface area contributed by atoms with Crippen LogP contribution in [0.1, 0.15) is 34.6 Å². The van der Waals surface area contributed by atoms with E-state index in [1.165, 1.54) is 0 Å². The zero-order valence-electron chi connectivity index (χ0n) is 15.1. The third kappa shape index (κ3) is 4.27. The minimum absolute atomic E-state index is 0.102. The first-order valence-electron chi connectivity index (χ1n) is 8.37. The van der Waals surface area contributed by atoms with Crippen LogP contribution in [0.5, 0.6) is 0 Å². The van der Waals surface area contributed by atoms with E-state index in [-0.39, 0.29) is 17.7 Å². The van der Waals surface area contributed by atoms with Gasteiger partial charge in [-0.25, -0.2) is 0 Å². The Bertz CT molecular complexity index is 813. The Morgan fingerprint density at radius 3 is 2.08 bits per heavy atom. The summed E-state index contributed by atoms with van der Waals surface area (Å²) >= 11 is 0. The second-order valence-electron chi connectivity index (χ2n) is 6.30. The van der Waals surface area contributed by atoms with Gasteiger partial charge in [0.1, 0.15) is 6.04 Å². The predicted molar refractivity (Wildman–Crippen MR) is 101 cm³/mol. The van der Waals surface area contributed by atoms with E-state index < -0.39 is 11.9 Å². The zero-order chi connectivity index (χ0) is 19.3. The molecule has 0 aliphatic heterocycles. The number of carbonyl (C=O) groups excluding carboxylic acids is 3. The number of amides is 3. The molecule has 0 heterocycles. The smallest absolute Gasteiger partial charge is 0.251 e. The third-order valence-corrected chi connectivity index (χ3v) is 4.12. The molecular weight excluding hydrogens is 330 g/mol. The minimum atomic E-state index is -0.726. The van der Waals surface area contributed by atoms with Crippen LogP contribution in [-0.2, 0) is 4.79 Å². The van der Waals surface area contributed by atoms with E-state index >= 15 is 0 Å². The van der Waals surface area contributed by atoms with E-state index in [2.05, 4.69) is 10.6 Å². The molecule has 0 radical (unpaired) electrons. The van der Waals surface area contributed by atoms with Crippen LogP contribution in [0.3, 0.4) is 0 Å². The monoisotopic (exact) mass is 353 g/mol. The standard InChI is InChI=1S/C20H23N3O3/c1-12(2)17(18(21)24)23-19(25)14-10-8-13(9-11-14)15-6-4-5-7-16(15)20(26)22-3/h4-12,17H,1-3H3,(H2,21,24)(H,22,26)(H,23,25)/t17-/m0/s1. The summed E-state index contributed by atoms with van der Waals surface area (Å²) in [5, 5.41) is 5.27.